The third kappa shape index (κ3) is 4.73. The van der Waals surface area contributed by atoms with Gasteiger partial charge in [-0.3, -0.25) is 0 Å². The number of hydrogen-bond donors (Lipinski definition) is 1. The first-order valence-corrected chi connectivity index (χ1v) is 10.2. The zero-order valence-electron chi connectivity index (χ0n) is 15.8. The van der Waals surface area contributed by atoms with E-state index in [4.69, 9.17) is 4.74 Å². The van der Waals surface area contributed by atoms with E-state index in [9.17, 15) is 8.42 Å². The van der Waals surface area contributed by atoms with Gasteiger partial charge < -0.3 is 4.74 Å². The molecule has 24 heavy (non-hydrogen) atoms. The molecule has 0 unspecified atom stereocenters. The maximum absolute atomic E-state index is 13.0. The van der Waals surface area contributed by atoms with E-state index in [1.165, 1.54) is 12.7 Å². The van der Waals surface area contributed by atoms with Crippen LogP contribution in [-0.4, -0.2) is 21.1 Å². The number of fused-ring (bicyclic) bond motifs is 1. The minimum atomic E-state index is -3.64. The molecule has 0 bridgehead atoms. The quantitative estimate of drug-likeness (QED) is 0.868. The SMILES string of the molecule is COc1cc2c(cc1S(=O)(=O)NC(C)(C)CC(C)(C)C)CCCC2. The maximum atomic E-state index is 13.0. The Balaban J connectivity index is 2.38. The Morgan fingerprint density at radius 1 is 1.04 bits per heavy atom. The van der Waals surface area contributed by atoms with Crippen molar-refractivity contribution in [2.24, 2.45) is 5.41 Å². The molecule has 0 heterocycles. The Morgan fingerprint density at radius 3 is 2.08 bits per heavy atom. The molecule has 0 fully saturated rings. The summed E-state index contributed by atoms with van der Waals surface area (Å²) < 4.78 is 34.3. The largest absolute Gasteiger partial charge is 0.495 e. The minimum Gasteiger partial charge on any atom is -0.495 e. The Hall–Kier alpha value is -1.07. The molecule has 0 aliphatic heterocycles. The second kappa shape index (κ2) is 6.68. The Morgan fingerprint density at radius 2 is 1.58 bits per heavy atom. The Bertz CT molecular complexity index is 700. The van der Waals surface area contributed by atoms with Crippen molar-refractivity contribution in [2.45, 2.75) is 77.2 Å². The van der Waals surface area contributed by atoms with Crippen molar-refractivity contribution >= 4 is 10.0 Å². The zero-order chi connectivity index (χ0) is 18.2. The van der Waals surface area contributed by atoms with Gasteiger partial charge in [-0.05, 0) is 74.6 Å². The number of methoxy groups -OCH3 is 1. The van der Waals surface area contributed by atoms with Crippen molar-refractivity contribution in [3.63, 3.8) is 0 Å². The van der Waals surface area contributed by atoms with Crippen LogP contribution >= 0.6 is 0 Å². The van der Waals surface area contributed by atoms with E-state index >= 15 is 0 Å². The van der Waals surface area contributed by atoms with E-state index < -0.39 is 15.6 Å². The van der Waals surface area contributed by atoms with Gasteiger partial charge in [0.15, 0.2) is 0 Å². The van der Waals surface area contributed by atoms with E-state index in [1.54, 1.807) is 0 Å². The third-order valence-corrected chi connectivity index (χ3v) is 6.02. The minimum absolute atomic E-state index is 0.0337. The molecule has 4 nitrogen and oxygen atoms in total. The molecular formula is C19H31NO3S. The fourth-order valence-electron chi connectivity index (χ4n) is 3.89. The van der Waals surface area contributed by atoms with Crippen LogP contribution in [0.2, 0.25) is 0 Å². The molecule has 2 rings (SSSR count). The highest BCUT2D eigenvalue weighted by Gasteiger charge is 2.32. The van der Waals surface area contributed by atoms with Gasteiger partial charge in [0.2, 0.25) is 10.0 Å². The topological polar surface area (TPSA) is 55.4 Å². The summed E-state index contributed by atoms with van der Waals surface area (Å²) in [5.74, 6) is 0.440. The lowest BCUT2D eigenvalue weighted by Gasteiger charge is -2.33. The van der Waals surface area contributed by atoms with Gasteiger partial charge in [0.25, 0.3) is 0 Å². The van der Waals surface area contributed by atoms with Crippen LogP contribution in [0.25, 0.3) is 0 Å². The second-order valence-electron chi connectivity index (χ2n) is 8.71. The molecule has 5 heteroatoms. The summed E-state index contributed by atoms with van der Waals surface area (Å²) in [7, 11) is -2.11. The summed E-state index contributed by atoms with van der Waals surface area (Å²) in [6.45, 7) is 10.2. The number of ether oxygens (including phenoxy) is 1. The third-order valence-electron chi connectivity index (χ3n) is 4.30. The molecule has 1 aliphatic rings. The van der Waals surface area contributed by atoms with Crippen LogP contribution in [0.4, 0.5) is 0 Å². The Kier molecular flexibility index (Phi) is 5.36. The lowest BCUT2D eigenvalue weighted by Crippen LogP contribution is -2.45. The molecule has 0 aromatic heterocycles. The number of nitrogens with one attached hydrogen (secondary N) is 1. The van der Waals surface area contributed by atoms with Crippen molar-refractivity contribution < 1.29 is 13.2 Å². The van der Waals surface area contributed by atoms with Crippen LogP contribution < -0.4 is 9.46 Å². The van der Waals surface area contributed by atoms with E-state index in [-0.39, 0.29) is 10.3 Å². The molecule has 0 saturated carbocycles. The molecule has 0 radical (unpaired) electrons. The number of rotatable bonds is 5. The highest BCUT2D eigenvalue weighted by molar-refractivity contribution is 7.89. The van der Waals surface area contributed by atoms with Gasteiger partial charge in [0.1, 0.15) is 10.6 Å². The van der Waals surface area contributed by atoms with Gasteiger partial charge in [0.05, 0.1) is 7.11 Å². The highest BCUT2D eigenvalue weighted by atomic mass is 32.2. The van der Waals surface area contributed by atoms with Gasteiger partial charge in [-0.25, -0.2) is 13.1 Å². The van der Waals surface area contributed by atoms with Gasteiger partial charge in [-0.1, -0.05) is 20.8 Å². The van der Waals surface area contributed by atoms with E-state index in [1.807, 2.05) is 26.0 Å². The van der Waals surface area contributed by atoms with Crippen LogP contribution in [0, 0.1) is 5.41 Å². The predicted octanol–water partition coefficient (Wildman–Crippen LogP) is 4.07. The van der Waals surface area contributed by atoms with Crippen molar-refractivity contribution in [2.75, 3.05) is 7.11 Å². The summed E-state index contributed by atoms with van der Waals surface area (Å²) in [6, 6.07) is 3.71. The number of aryl methyl sites for hydroxylation is 2. The molecule has 1 aromatic carbocycles. The molecule has 0 saturated heterocycles. The van der Waals surface area contributed by atoms with E-state index in [0.717, 1.165) is 37.7 Å². The number of sulfonamides is 1. The first-order chi connectivity index (χ1) is 10.9. The van der Waals surface area contributed by atoms with E-state index in [0.29, 0.717) is 5.75 Å². The van der Waals surface area contributed by atoms with Crippen LogP contribution in [0.5, 0.6) is 5.75 Å². The molecule has 1 aliphatic carbocycles. The standard InChI is InChI=1S/C19H31NO3S/c1-18(2,3)13-19(4,5)20-24(21,22)17-12-15-10-8-7-9-14(15)11-16(17)23-6/h11-12,20H,7-10,13H2,1-6H3. The van der Waals surface area contributed by atoms with Gasteiger partial charge in [-0.15, -0.1) is 0 Å². The summed E-state index contributed by atoms with van der Waals surface area (Å²) in [5.41, 5.74) is 1.85. The van der Waals surface area contributed by atoms with Crippen LogP contribution in [0.1, 0.15) is 65.0 Å². The van der Waals surface area contributed by atoms with Crippen molar-refractivity contribution in [1.82, 2.24) is 4.72 Å². The molecule has 0 amide bonds. The molecule has 1 aromatic rings. The summed E-state index contributed by atoms with van der Waals surface area (Å²) in [6.07, 6.45) is 4.94. The smallest absolute Gasteiger partial charge is 0.244 e. The highest BCUT2D eigenvalue weighted by Crippen LogP contribution is 2.34. The second-order valence-corrected chi connectivity index (χ2v) is 10.4. The van der Waals surface area contributed by atoms with Crippen LogP contribution in [-0.2, 0) is 22.9 Å². The van der Waals surface area contributed by atoms with Gasteiger partial charge in [0, 0.05) is 5.54 Å². The summed E-state index contributed by atoms with van der Waals surface area (Å²) in [5, 5.41) is 0. The van der Waals surface area contributed by atoms with Gasteiger partial charge >= 0.3 is 0 Å². The van der Waals surface area contributed by atoms with Crippen LogP contribution in [0.3, 0.4) is 0 Å². The first kappa shape index (κ1) is 19.3. The normalized spacial score (nSPS) is 15.9. The van der Waals surface area contributed by atoms with Crippen molar-refractivity contribution in [3.05, 3.63) is 23.3 Å². The lowest BCUT2D eigenvalue weighted by atomic mass is 9.82. The lowest BCUT2D eigenvalue weighted by molar-refractivity contribution is 0.269. The molecule has 1 N–H and O–H groups in total. The van der Waals surface area contributed by atoms with Crippen molar-refractivity contribution in [1.29, 1.82) is 0 Å². The molecule has 0 spiro atoms. The fraction of sp³-hybridized carbons (Fsp3) is 0.684. The molecule has 0 atom stereocenters. The van der Waals surface area contributed by atoms with Crippen LogP contribution in [0.15, 0.2) is 17.0 Å². The summed E-state index contributed by atoms with van der Waals surface area (Å²) >= 11 is 0. The average Bonchev–Trinajstić information content (AvgIpc) is 2.41. The molecule has 136 valence electrons. The summed E-state index contributed by atoms with van der Waals surface area (Å²) in [4.78, 5) is 0.257. The van der Waals surface area contributed by atoms with Gasteiger partial charge in [-0.2, -0.15) is 0 Å². The maximum Gasteiger partial charge on any atom is 0.244 e. The zero-order valence-corrected chi connectivity index (χ0v) is 16.6. The number of benzene rings is 1. The molecular weight excluding hydrogens is 322 g/mol. The Labute approximate surface area is 147 Å². The van der Waals surface area contributed by atoms with E-state index in [2.05, 4.69) is 25.5 Å². The predicted molar refractivity (Wildman–Crippen MR) is 98.1 cm³/mol. The first-order valence-electron chi connectivity index (χ1n) is 8.67. The number of hydrogen-bond acceptors (Lipinski definition) is 3. The monoisotopic (exact) mass is 353 g/mol. The fourth-order valence-corrected chi connectivity index (χ4v) is 5.50. The average molecular weight is 354 g/mol. The van der Waals surface area contributed by atoms with Crippen molar-refractivity contribution in [3.8, 4) is 5.75 Å².